The Morgan fingerprint density at radius 2 is 1.97 bits per heavy atom. The van der Waals surface area contributed by atoms with Crippen molar-refractivity contribution >= 4 is 56.4 Å². The summed E-state index contributed by atoms with van der Waals surface area (Å²) in [5.74, 6) is 0.284. The Kier molecular flexibility index (Phi) is 9.64. The van der Waals surface area contributed by atoms with Crippen molar-refractivity contribution in [3.05, 3.63) is 54.3 Å². The fourth-order valence-electron chi connectivity index (χ4n) is 2.40. The van der Waals surface area contributed by atoms with Gasteiger partial charge in [0.1, 0.15) is 16.5 Å². The molecular formula is C23H27ClFN7OS. The topological polar surface area (TPSA) is 108 Å². The molecule has 1 amide bonds. The van der Waals surface area contributed by atoms with Crippen molar-refractivity contribution in [1.82, 2.24) is 25.4 Å². The zero-order valence-electron chi connectivity index (χ0n) is 19.6. The maximum Gasteiger partial charge on any atom is 0.222 e. The largest absolute Gasteiger partial charge is 0.329 e. The van der Waals surface area contributed by atoms with Gasteiger partial charge in [-0.15, -0.1) is 10.2 Å². The maximum absolute atomic E-state index is 12.0. The molecular weight excluding hydrogens is 477 g/mol. The molecule has 8 nitrogen and oxygen atoms in total. The van der Waals surface area contributed by atoms with E-state index in [1.165, 1.54) is 38.2 Å². The van der Waals surface area contributed by atoms with Crippen LogP contribution in [0, 0.1) is 0 Å². The van der Waals surface area contributed by atoms with Crippen LogP contribution in [-0.2, 0) is 4.79 Å². The Labute approximate surface area is 206 Å². The Balaban J connectivity index is 0.000000447. The van der Waals surface area contributed by atoms with E-state index in [0.717, 1.165) is 22.2 Å². The Hall–Kier alpha value is -3.37. The zero-order chi connectivity index (χ0) is 25.3. The van der Waals surface area contributed by atoms with E-state index in [-0.39, 0.29) is 5.91 Å². The molecule has 11 heteroatoms. The molecule has 0 atom stereocenters. The number of allylic oxidation sites excluding steroid dienone is 1. The quantitative estimate of drug-likeness (QED) is 0.259. The van der Waals surface area contributed by atoms with Crippen LogP contribution in [-0.4, -0.2) is 37.0 Å². The van der Waals surface area contributed by atoms with Crippen LogP contribution in [0.3, 0.4) is 0 Å². The summed E-state index contributed by atoms with van der Waals surface area (Å²) < 4.78 is 12.0. The third-order valence-corrected chi connectivity index (χ3v) is 5.32. The molecule has 180 valence electrons. The first-order valence-corrected chi connectivity index (χ1v) is 11.6. The lowest BCUT2D eigenvalue weighted by molar-refractivity contribution is -0.114. The zero-order valence-corrected chi connectivity index (χ0v) is 21.2. The minimum atomic E-state index is -1.19. The second-order valence-corrected chi connectivity index (χ2v) is 8.53. The van der Waals surface area contributed by atoms with Crippen molar-refractivity contribution in [2.75, 3.05) is 10.6 Å². The molecule has 0 aliphatic rings. The number of carbonyl (C=O) groups excluding carboxylic acids is 1. The van der Waals surface area contributed by atoms with Gasteiger partial charge < -0.3 is 10.6 Å². The smallest absolute Gasteiger partial charge is 0.222 e. The highest BCUT2D eigenvalue weighted by Gasteiger charge is 2.12. The van der Waals surface area contributed by atoms with E-state index in [0.29, 0.717) is 21.0 Å². The molecule has 3 N–H and O–H groups in total. The molecule has 3 aromatic heterocycles. The van der Waals surface area contributed by atoms with Gasteiger partial charge >= 0.3 is 0 Å². The van der Waals surface area contributed by atoms with Gasteiger partial charge in [-0.1, -0.05) is 49.4 Å². The van der Waals surface area contributed by atoms with E-state index in [1.807, 2.05) is 26.0 Å². The van der Waals surface area contributed by atoms with Crippen LogP contribution < -0.4 is 10.6 Å². The van der Waals surface area contributed by atoms with Gasteiger partial charge in [-0.3, -0.25) is 9.89 Å². The van der Waals surface area contributed by atoms with Crippen molar-refractivity contribution in [2.24, 2.45) is 0 Å². The van der Waals surface area contributed by atoms with Crippen LogP contribution in [0.25, 0.3) is 21.5 Å². The molecule has 0 aliphatic carbocycles. The highest BCUT2D eigenvalue weighted by Crippen LogP contribution is 2.34. The monoisotopic (exact) mass is 503 g/mol. The summed E-state index contributed by atoms with van der Waals surface area (Å²) in [5.41, 5.74) is 1.20. The highest BCUT2D eigenvalue weighted by molar-refractivity contribution is 7.18. The SMILES string of the molecule is C=CC(C)(C)F.CC.CC(=O)Nc1cc(-c2nnc(Nc3ccc4[nH]ncc4c3Cl)s2)ccn1. The van der Waals surface area contributed by atoms with E-state index >= 15 is 0 Å². The van der Waals surface area contributed by atoms with E-state index in [2.05, 4.69) is 42.6 Å². The van der Waals surface area contributed by atoms with E-state index < -0.39 is 5.67 Å². The number of rotatable bonds is 5. The maximum atomic E-state index is 12.0. The predicted molar refractivity (Wildman–Crippen MR) is 139 cm³/mol. The average molecular weight is 504 g/mol. The lowest BCUT2D eigenvalue weighted by atomic mass is 10.2. The molecule has 4 rings (SSSR count). The average Bonchev–Trinajstić information content (AvgIpc) is 3.47. The number of nitrogens with one attached hydrogen (secondary N) is 3. The van der Waals surface area contributed by atoms with Crippen LogP contribution in [0.1, 0.15) is 34.6 Å². The number of aromatic nitrogens is 5. The summed E-state index contributed by atoms with van der Waals surface area (Å²) in [6.45, 7) is 11.6. The van der Waals surface area contributed by atoms with E-state index in [9.17, 15) is 9.18 Å². The molecule has 0 saturated carbocycles. The van der Waals surface area contributed by atoms with Crippen LogP contribution in [0.15, 0.2) is 49.3 Å². The summed E-state index contributed by atoms with van der Waals surface area (Å²) in [6, 6.07) is 7.29. The molecule has 0 spiro atoms. The standard InChI is InChI=1S/C16H12ClN7OS.C5H9F.C2H6/c1-8(25)20-13-6-9(4-5-18-13)15-23-24-16(26-15)21-12-3-2-11-10(14(12)17)7-19-22-11;1-4-5(2,3)6;1-2/h2-7H,1H3,(H,19,22)(H,21,24)(H,18,20,25);4H,1H2,2-3H3;1-2H3. The Bertz CT molecular complexity index is 1250. The number of nitrogens with zero attached hydrogens (tertiary/aromatic N) is 4. The first kappa shape index (κ1) is 26.9. The molecule has 34 heavy (non-hydrogen) atoms. The number of pyridine rings is 1. The number of amides is 1. The third-order valence-electron chi connectivity index (χ3n) is 4.02. The molecule has 0 bridgehead atoms. The molecule has 4 aromatic rings. The Morgan fingerprint density at radius 1 is 1.26 bits per heavy atom. The fraction of sp³-hybridized carbons (Fsp3) is 0.261. The molecule has 0 unspecified atom stereocenters. The minimum Gasteiger partial charge on any atom is -0.329 e. The number of aromatic amines is 1. The van der Waals surface area contributed by atoms with Crippen LogP contribution in [0.5, 0.6) is 0 Å². The van der Waals surface area contributed by atoms with Gasteiger partial charge in [0.05, 0.1) is 22.4 Å². The molecule has 0 radical (unpaired) electrons. The molecule has 1 aromatic carbocycles. The number of carbonyl (C=O) groups is 1. The number of halogens is 2. The van der Waals surface area contributed by atoms with Gasteiger partial charge in [0.2, 0.25) is 11.0 Å². The summed E-state index contributed by atoms with van der Waals surface area (Å²) in [4.78, 5) is 15.3. The number of hydrogen-bond donors (Lipinski definition) is 3. The van der Waals surface area contributed by atoms with Crippen molar-refractivity contribution in [3.8, 4) is 10.6 Å². The van der Waals surface area contributed by atoms with Crippen molar-refractivity contribution < 1.29 is 9.18 Å². The van der Waals surface area contributed by atoms with Crippen LogP contribution in [0.2, 0.25) is 5.02 Å². The summed E-state index contributed by atoms with van der Waals surface area (Å²) >= 11 is 7.78. The van der Waals surface area contributed by atoms with Crippen LogP contribution >= 0.6 is 22.9 Å². The molecule has 0 saturated heterocycles. The number of alkyl halides is 1. The number of fused-ring (bicyclic) bond motifs is 1. The van der Waals surface area contributed by atoms with Crippen LogP contribution in [0.4, 0.5) is 21.0 Å². The first-order valence-electron chi connectivity index (χ1n) is 10.4. The summed E-state index contributed by atoms with van der Waals surface area (Å²) in [6.07, 6.45) is 4.56. The third kappa shape index (κ3) is 7.60. The number of hydrogen-bond acceptors (Lipinski definition) is 7. The summed E-state index contributed by atoms with van der Waals surface area (Å²) in [7, 11) is 0. The van der Waals surface area contributed by atoms with E-state index in [4.69, 9.17) is 11.6 Å². The molecule has 3 heterocycles. The van der Waals surface area contributed by atoms with Gasteiger partial charge in [-0.2, -0.15) is 5.10 Å². The van der Waals surface area contributed by atoms with Gasteiger partial charge in [-0.25, -0.2) is 9.37 Å². The molecule has 0 aliphatic heterocycles. The normalized spacial score (nSPS) is 10.4. The predicted octanol–water partition coefficient (Wildman–Crippen LogP) is 6.78. The fourth-order valence-corrected chi connectivity index (χ4v) is 3.41. The second kappa shape index (κ2) is 12.2. The van der Waals surface area contributed by atoms with Gasteiger partial charge in [0, 0.05) is 24.1 Å². The first-order chi connectivity index (χ1) is 16.2. The number of H-pyrrole nitrogens is 1. The lowest BCUT2D eigenvalue weighted by Gasteiger charge is -2.05. The van der Waals surface area contributed by atoms with Gasteiger partial charge in [0.25, 0.3) is 0 Å². The highest BCUT2D eigenvalue weighted by atomic mass is 35.5. The Morgan fingerprint density at radius 3 is 2.62 bits per heavy atom. The van der Waals surface area contributed by atoms with Gasteiger partial charge in [-0.05, 0) is 38.1 Å². The minimum absolute atomic E-state index is 0.182. The lowest BCUT2D eigenvalue weighted by Crippen LogP contribution is -2.07. The number of benzene rings is 1. The van der Waals surface area contributed by atoms with Crippen molar-refractivity contribution in [3.63, 3.8) is 0 Å². The summed E-state index contributed by atoms with van der Waals surface area (Å²) in [5, 5.41) is 23.7. The van der Waals surface area contributed by atoms with E-state index in [1.54, 1.807) is 24.5 Å². The van der Waals surface area contributed by atoms with Gasteiger partial charge in [0.15, 0.2) is 0 Å². The second-order valence-electron chi connectivity index (χ2n) is 7.18. The molecule has 0 fully saturated rings. The van der Waals surface area contributed by atoms with Crippen molar-refractivity contribution in [1.29, 1.82) is 0 Å². The van der Waals surface area contributed by atoms with Crippen molar-refractivity contribution in [2.45, 2.75) is 40.3 Å². The number of anilines is 3.